The van der Waals surface area contributed by atoms with Crippen LogP contribution in [0.1, 0.15) is 20.3 Å². The van der Waals surface area contributed by atoms with Gasteiger partial charge in [-0.1, -0.05) is 19.1 Å². The van der Waals surface area contributed by atoms with Crippen LogP contribution in [0.4, 0.5) is 5.69 Å². The van der Waals surface area contributed by atoms with Crippen LogP contribution in [-0.2, 0) is 0 Å². The minimum absolute atomic E-state index is 0.582. The maximum Gasteiger partial charge on any atom is 0.0505 e. The number of benzene rings is 1. The smallest absolute Gasteiger partial charge is 0.0505 e. The van der Waals surface area contributed by atoms with Crippen molar-refractivity contribution in [1.82, 2.24) is 5.32 Å². The predicted molar refractivity (Wildman–Crippen MR) is 78.0 cm³/mol. The first-order valence-corrected chi connectivity index (χ1v) is 7.04. The molecule has 16 heavy (non-hydrogen) atoms. The average Bonchev–Trinajstić information content (AvgIpc) is 2.29. The third-order valence-corrected chi connectivity index (χ3v) is 4.16. The highest BCUT2D eigenvalue weighted by Gasteiger charge is 2.25. The SMILES string of the molecule is CCC1CNC(C)CN1c1ccccc1I. The molecule has 0 saturated carbocycles. The van der Waals surface area contributed by atoms with E-state index in [0.29, 0.717) is 12.1 Å². The van der Waals surface area contributed by atoms with Gasteiger partial charge < -0.3 is 10.2 Å². The Labute approximate surface area is 112 Å². The molecule has 1 heterocycles. The van der Waals surface area contributed by atoms with E-state index in [4.69, 9.17) is 0 Å². The lowest BCUT2D eigenvalue weighted by Crippen LogP contribution is -2.55. The number of nitrogens with one attached hydrogen (secondary N) is 1. The Balaban J connectivity index is 2.26. The Hall–Kier alpha value is -0.290. The Morgan fingerprint density at radius 3 is 2.88 bits per heavy atom. The van der Waals surface area contributed by atoms with Crippen molar-refractivity contribution in [3.8, 4) is 0 Å². The van der Waals surface area contributed by atoms with Crippen molar-refractivity contribution in [2.45, 2.75) is 32.4 Å². The minimum Gasteiger partial charge on any atom is -0.365 e. The normalized spacial score (nSPS) is 25.8. The Bertz CT molecular complexity index is 354. The lowest BCUT2D eigenvalue weighted by atomic mass is 10.1. The molecule has 0 aromatic heterocycles. The first kappa shape index (κ1) is 12.2. The van der Waals surface area contributed by atoms with Crippen molar-refractivity contribution < 1.29 is 0 Å². The molecule has 1 fully saturated rings. The Kier molecular flexibility index (Phi) is 4.08. The summed E-state index contributed by atoms with van der Waals surface area (Å²) >= 11 is 2.43. The zero-order chi connectivity index (χ0) is 11.5. The van der Waals surface area contributed by atoms with Crippen molar-refractivity contribution in [1.29, 1.82) is 0 Å². The molecule has 3 heteroatoms. The number of rotatable bonds is 2. The molecule has 2 nitrogen and oxygen atoms in total. The molecule has 2 atom stereocenters. The number of hydrogen-bond acceptors (Lipinski definition) is 2. The monoisotopic (exact) mass is 330 g/mol. The van der Waals surface area contributed by atoms with E-state index >= 15 is 0 Å². The van der Waals surface area contributed by atoms with Crippen molar-refractivity contribution in [2.75, 3.05) is 18.0 Å². The third-order valence-electron chi connectivity index (χ3n) is 3.25. The molecule has 1 aliphatic rings. The van der Waals surface area contributed by atoms with E-state index in [1.165, 1.54) is 15.7 Å². The van der Waals surface area contributed by atoms with E-state index in [9.17, 15) is 0 Å². The molecule has 1 N–H and O–H groups in total. The quantitative estimate of drug-likeness (QED) is 0.839. The number of piperazine rings is 1. The number of nitrogens with zero attached hydrogens (tertiary/aromatic N) is 1. The van der Waals surface area contributed by atoms with Gasteiger partial charge in [0.2, 0.25) is 0 Å². The maximum atomic E-state index is 3.56. The number of halogens is 1. The second-order valence-electron chi connectivity index (χ2n) is 4.48. The van der Waals surface area contributed by atoms with E-state index in [2.05, 4.69) is 70.9 Å². The van der Waals surface area contributed by atoms with Gasteiger partial charge in [0.15, 0.2) is 0 Å². The molecular formula is C13H19IN2. The minimum atomic E-state index is 0.582. The van der Waals surface area contributed by atoms with Crippen molar-refractivity contribution in [2.24, 2.45) is 0 Å². The molecule has 1 aromatic rings. The molecule has 0 radical (unpaired) electrons. The Morgan fingerprint density at radius 1 is 1.44 bits per heavy atom. The van der Waals surface area contributed by atoms with Crippen LogP contribution in [0, 0.1) is 3.57 Å². The summed E-state index contributed by atoms with van der Waals surface area (Å²) < 4.78 is 1.35. The zero-order valence-electron chi connectivity index (χ0n) is 9.91. The van der Waals surface area contributed by atoms with Crippen molar-refractivity contribution in [3.63, 3.8) is 0 Å². The average molecular weight is 330 g/mol. The van der Waals surface area contributed by atoms with Gasteiger partial charge in [-0.3, -0.25) is 0 Å². The molecule has 0 spiro atoms. The molecular weight excluding hydrogens is 311 g/mol. The van der Waals surface area contributed by atoms with Crippen LogP contribution in [-0.4, -0.2) is 25.2 Å². The summed E-state index contributed by atoms with van der Waals surface area (Å²) in [5, 5.41) is 3.56. The summed E-state index contributed by atoms with van der Waals surface area (Å²) in [6.45, 7) is 6.74. The van der Waals surface area contributed by atoms with E-state index in [-0.39, 0.29) is 0 Å². The van der Waals surface area contributed by atoms with Crippen molar-refractivity contribution in [3.05, 3.63) is 27.8 Å². The van der Waals surface area contributed by atoms with Gasteiger partial charge in [0, 0.05) is 28.7 Å². The standard InChI is InChI=1S/C13H19IN2/c1-3-11-8-15-10(2)9-16(11)13-7-5-4-6-12(13)14/h4-7,10-11,15H,3,8-9H2,1-2H3. The topological polar surface area (TPSA) is 15.3 Å². The van der Waals surface area contributed by atoms with Crippen LogP contribution < -0.4 is 10.2 Å². The lowest BCUT2D eigenvalue weighted by Gasteiger charge is -2.41. The summed E-state index contributed by atoms with van der Waals surface area (Å²) in [6, 6.07) is 9.89. The van der Waals surface area contributed by atoms with Crippen LogP contribution in [0.2, 0.25) is 0 Å². The molecule has 2 unspecified atom stereocenters. The van der Waals surface area contributed by atoms with Gasteiger partial charge in [-0.25, -0.2) is 0 Å². The largest absolute Gasteiger partial charge is 0.365 e. The number of hydrogen-bond donors (Lipinski definition) is 1. The molecule has 1 aromatic carbocycles. The van der Waals surface area contributed by atoms with Crippen LogP contribution in [0.25, 0.3) is 0 Å². The molecule has 0 bridgehead atoms. The van der Waals surface area contributed by atoms with Gasteiger partial charge in [-0.15, -0.1) is 0 Å². The molecule has 88 valence electrons. The van der Waals surface area contributed by atoms with Crippen LogP contribution in [0.5, 0.6) is 0 Å². The van der Waals surface area contributed by atoms with Gasteiger partial charge in [0.25, 0.3) is 0 Å². The maximum absolute atomic E-state index is 3.56. The molecule has 0 aliphatic carbocycles. The summed E-state index contributed by atoms with van der Waals surface area (Å²) in [6.07, 6.45) is 1.20. The molecule has 0 amide bonds. The van der Waals surface area contributed by atoms with E-state index in [1.807, 2.05) is 0 Å². The van der Waals surface area contributed by atoms with Gasteiger partial charge in [0.05, 0.1) is 5.69 Å². The number of para-hydroxylation sites is 1. The van der Waals surface area contributed by atoms with Crippen molar-refractivity contribution >= 4 is 28.3 Å². The van der Waals surface area contributed by atoms with Gasteiger partial charge >= 0.3 is 0 Å². The lowest BCUT2D eigenvalue weighted by molar-refractivity contribution is 0.402. The molecule has 1 saturated heterocycles. The first-order chi connectivity index (χ1) is 7.72. The summed E-state index contributed by atoms with van der Waals surface area (Å²) in [7, 11) is 0. The highest BCUT2D eigenvalue weighted by Crippen LogP contribution is 2.26. The molecule has 1 aliphatic heterocycles. The van der Waals surface area contributed by atoms with Gasteiger partial charge in [-0.05, 0) is 48.1 Å². The van der Waals surface area contributed by atoms with Gasteiger partial charge in [0.1, 0.15) is 0 Å². The van der Waals surface area contributed by atoms with E-state index in [0.717, 1.165) is 13.1 Å². The Morgan fingerprint density at radius 2 is 2.19 bits per heavy atom. The highest BCUT2D eigenvalue weighted by atomic mass is 127. The van der Waals surface area contributed by atoms with E-state index < -0.39 is 0 Å². The fourth-order valence-corrected chi connectivity index (χ4v) is 3.00. The fraction of sp³-hybridized carbons (Fsp3) is 0.538. The second kappa shape index (κ2) is 5.36. The van der Waals surface area contributed by atoms with E-state index in [1.54, 1.807) is 0 Å². The van der Waals surface area contributed by atoms with Crippen LogP contribution >= 0.6 is 22.6 Å². The van der Waals surface area contributed by atoms with Crippen LogP contribution in [0.15, 0.2) is 24.3 Å². The first-order valence-electron chi connectivity index (χ1n) is 5.97. The summed E-state index contributed by atoms with van der Waals surface area (Å²) in [5.41, 5.74) is 1.39. The second-order valence-corrected chi connectivity index (χ2v) is 5.64. The summed E-state index contributed by atoms with van der Waals surface area (Å²) in [5.74, 6) is 0. The molecule has 2 rings (SSSR count). The third kappa shape index (κ3) is 2.51. The highest BCUT2D eigenvalue weighted by molar-refractivity contribution is 14.1. The number of anilines is 1. The zero-order valence-corrected chi connectivity index (χ0v) is 12.1. The summed E-state index contributed by atoms with van der Waals surface area (Å²) in [4.78, 5) is 2.56. The predicted octanol–water partition coefficient (Wildman–Crippen LogP) is 2.87. The van der Waals surface area contributed by atoms with Gasteiger partial charge in [-0.2, -0.15) is 0 Å². The fourth-order valence-electron chi connectivity index (χ4n) is 2.30. The van der Waals surface area contributed by atoms with Crippen LogP contribution in [0.3, 0.4) is 0 Å².